The molecule has 0 rings (SSSR count). The average Bonchev–Trinajstić information content (AvgIpc) is 3.24. The molecule has 0 bridgehead atoms. The van der Waals surface area contributed by atoms with Crippen molar-refractivity contribution in [3.8, 4) is 0 Å². The van der Waals surface area contributed by atoms with Gasteiger partial charge in [-0.15, -0.1) is 0 Å². The number of ether oxygens (including phenoxy) is 2. The lowest BCUT2D eigenvalue weighted by Crippen LogP contribution is -2.29. The van der Waals surface area contributed by atoms with Crippen LogP contribution < -0.4 is 5.73 Å². The third kappa shape index (κ3) is 44.7. The van der Waals surface area contributed by atoms with Crippen LogP contribution in [0.4, 0.5) is 0 Å². The summed E-state index contributed by atoms with van der Waals surface area (Å²) in [6.45, 7) is 3.58. The minimum absolute atomic E-state index is 0.0482. The van der Waals surface area contributed by atoms with Crippen LogP contribution in [-0.2, 0) is 32.7 Å². The summed E-state index contributed by atoms with van der Waals surface area (Å²) < 4.78 is 32.8. The predicted octanol–water partition coefficient (Wildman–Crippen LogP) is 14.0. The van der Waals surface area contributed by atoms with Gasteiger partial charge in [0, 0.05) is 19.4 Å². The molecule has 2 atom stereocenters. The molecule has 0 aromatic carbocycles. The zero-order valence-corrected chi connectivity index (χ0v) is 38.8. The lowest BCUT2D eigenvalue weighted by Gasteiger charge is -2.19. The number of rotatable bonds is 43. The van der Waals surface area contributed by atoms with E-state index in [-0.39, 0.29) is 38.6 Å². The van der Waals surface area contributed by atoms with E-state index in [0.29, 0.717) is 6.42 Å². The first-order valence-corrected chi connectivity index (χ1v) is 25.1. The summed E-state index contributed by atoms with van der Waals surface area (Å²) in [6, 6.07) is 0. The van der Waals surface area contributed by atoms with Gasteiger partial charge in [0.2, 0.25) is 0 Å². The molecule has 0 radical (unpaired) electrons. The van der Waals surface area contributed by atoms with Gasteiger partial charge >= 0.3 is 19.8 Å². The Balaban J connectivity index is 4.07. The molecule has 0 fully saturated rings. The Labute approximate surface area is 366 Å². The van der Waals surface area contributed by atoms with Crippen LogP contribution in [0, 0.1) is 0 Å². The molecule has 0 saturated carbocycles. The lowest BCUT2D eigenvalue weighted by molar-refractivity contribution is -0.161. The summed E-state index contributed by atoms with van der Waals surface area (Å²) in [5.41, 5.74) is 5.35. The molecule has 3 N–H and O–H groups in total. The van der Waals surface area contributed by atoms with Crippen molar-refractivity contribution in [2.24, 2.45) is 5.73 Å². The number of phosphoric ester groups is 1. The number of hydrogen-bond acceptors (Lipinski definition) is 8. The molecule has 9 nitrogen and oxygen atoms in total. The van der Waals surface area contributed by atoms with Gasteiger partial charge in [-0.1, -0.05) is 189 Å². The van der Waals surface area contributed by atoms with Crippen molar-refractivity contribution in [1.82, 2.24) is 0 Å². The molecule has 0 amide bonds. The second-order valence-corrected chi connectivity index (χ2v) is 16.7. The molecule has 60 heavy (non-hydrogen) atoms. The molecule has 344 valence electrons. The zero-order chi connectivity index (χ0) is 43.9. The average molecular weight is 860 g/mol. The van der Waals surface area contributed by atoms with Crippen LogP contribution >= 0.6 is 7.82 Å². The van der Waals surface area contributed by atoms with Crippen LogP contribution in [0.25, 0.3) is 0 Å². The van der Waals surface area contributed by atoms with Crippen molar-refractivity contribution in [3.63, 3.8) is 0 Å². The third-order valence-corrected chi connectivity index (χ3v) is 10.5. The number of hydrogen-bond donors (Lipinski definition) is 2. The van der Waals surface area contributed by atoms with E-state index in [1.807, 2.05) is 0 Å². The fraction of sp³-hybridized carbons (Fsp3) is 0.680. The second-order valence-electron chi connectivity index (χ2n) is 15.2. The lowest BCUT2D eigenvalue weighted by atomic mass is 10.1. The molecule has 0 heterocycles. The number of nitrogens with two attached hydrogens (primary N) is 1. The molecule has 0 aliphatic rings. The van der Waals surface area contributed by atoms with Gasteiger partial charge in [0.25, 0.3) is 0 Å². The Bertz CT molecular complexity index is 1250. The van der Waals surface area contributed by atoms with Crippen LogP contribution in [0.15, 0.2) is 85.1 Å². The highest BCUT2D eigenvalue weighted by atomic mass is 31.2. The SMILES string of the molecule is CC/C=C\C/C=C\C/C=C\C/C=C\C/C=C\C/C=C\C/C=C\CCCCCCCCCC(=O)OC(COC(=O)CCCCCCCCCCCC)COP(=O)(O)OCCN. The minimum Gasteiger partial charge on any atom is -0.462 e. The fourth-order valence-electron chi connectivity index (χ4n) is 6.08. The fourth-order valence-corrected chi connectivity index (χ4v) is 6.85. The van der Waals surface area contributed by atoms with Crippen molar-refractivity contribution in [2.75, 3.05) is 26.4 Å². The van der Waals surface area contributed by atoms with Crippen molar-refractivity contribution < 1.29 is 37.6 Å². The van der Waals surface area contributed by atoms with Crippen molar-refractivity contribution in [3.05, 3.63) is 85.1 Å². The van der Waals surface area contributed by atoms with E-state index < -0.39 is 26.5 Å². The van der Waals surface area contributed by atoms with Crippen molar-refractivity contribution >= 4 is 19.8 Å². The van der Waals surface area contributed by atoms with Crippen LogP contribution in [0.5, 0.6) is 0 Å². The zero-order valence-electron chi connectivity index (χ0n) is 37.9. The molecule has 0 saturated heterocycles. The number of phosphoric acid groups is 1. The van der Waals surface area contributed by atoms with Gasteiger partial charge in [0.15, 0.2) is 6.10 Å². The number of carbonyl (C=O) groups excluding carboxylic acids is 2. The van der Waals surface area contributed by atoms with E-state index in [2.05, 4.69) is 98.9 Å². The van der Waals surface area contributed by atoms with E-state index in [0.717, 1.165) is 89.9 Å². The highest BCUT2D eigenvalue weighted by Crippen LogP contribution is 2.43. The van der Waals surface area contributed by atoms with Gasteiger partial charge in [-0.3, -0.25) is 18.6 Å². The molecular weight excluding hydrogens is 774 g/mol. The predicted molar refractivity (Wildman–Crippen MR) is 252 cm³/mol. The summed E-state index contributed by atoms with van der Waals surface area (Å²) in [7, 11) is -4.38. The number of unbranched alkanes of at least 4 members (excludes halogenated alkanes) is 16. The van der Waals surface area contributed by atoms with E-state index in [9.17, 15) is 19.0 Å². The maximum atomic E-state index is 12.6. The van der Waals surface area contributed by atoms with Gasteiger partial charge in [-0.05, 0) is 70.6 Å². The summed E-state index contributed by atoms with van der Waals surface area (Å²) in [5.74, 6) is -0.847. The normalized spacial score (nSPS) is 14.0. The van der Waals surface area contributed by atoms with Crippen LogP contribution in [-0.4, -0.2) is 49.3 Å². The Kier molecular flexibility index (Phi) is 43.6. The van der Waals surface area contributed by atoms with Gasteiger partial charge in [0.05, 0.1) is 13.2 Å². The number of esters is 2. The Morgan fingerprint density at radius 2 is 0.917 bits per heavy atom. The van der Waals surface area contributed by atoms with Crippen molar-refractivity contribution in [1.29, 1.82) is 0 Å². The van der Waals surface area contributed by atoms with E-state index in [4.69, 9.17) is 24.3 Å². The number of carbonyl (C=O) groups is 2. The van der Waals surface area contributed by atoms with Gasteiger partial charge < -0.3 is 20.1 Å². The quantitative estimate of drug-likeness (QED) is 0.0266. The maximum absolute atomic E-state index is 12.6. The standard InChI is InChI=1S/C50H86NO8P/c1-3-5-7-9-11-13-15-16-17-18-19-20-21-22-23-24-25-26-27-28-29-30-31-32-33-35-37-39-41-43-50(53)59-48(47-58-60(54,55)57-45-44-51)46-56-49(52)42-40-38-36-34-14-12-10-8-6-4-2/h5,7,11,13,16-17,19-20,22-23,25-26,28-29,48H,3-4,6,8-10,12,14-15,18,21,24,27,30-47,51H2,1-2H3,(H,54,55)/b7-5-,13-11-,17-16-,20-19-,23-22-,26-25-,29-28-. The molecule has 2 unspecified atom stereocenters. The topological polar surface area (TPSA) is 134 Å². The second kappa shape index (κ2) is 45.7. The van der Waals surface area contributed by atoms with E-state index in [1.54, 1.807) is 0 Å². The summed E-state index contributed by atoms with van der Waals surface area (Å²) in [6.07, 6.45) is 57.7. The first-order chi connectivity index (χ1) is 29.3. The Hall–Kier alpha value is -2.81. The summed E-state index contributed by atoms with van der Waals surface area (Å²) in [4.78, 5) is 34.8. The third-order valence-electron chi connectivity index (χ3n) is 9.55. The molecule has 0 aromatic rings. The molecule has 0 spiro atoms. The first-order valence-electron chi connectivity index (χ1n) is 23.6. The van der Waals surface area contributed by atoms with Crippen LogP contribution in [0.1, 0.15) is 187 Å². The Morgan fingerprint density at radius 3 is 1.37 bits per heavy atom. The number of allylic oxidation sites excluding steroid dienone is 14. The maximum Gasteiger partial charge on any atom is 0.472 e. The monoisotopic (exact) mass is 860 g/mol. The molecule has 0 aromatic heterocycles. The van der Waals surface area contributed by atoms with E-state index >= 15 is 0 Å². The summed E-state index contributed by atoms with van der Waals surface area (Å²) >= 11 is 0. The minimum atomic E-state index is -4.38. The highest BCUT2D eigenvalue weighted by molar-refractivity contribution is 7.47. The Morgan fingerprint density at radius 1 is 0.517 bits per heavy atom. The highest BCUT2D eigenvalue weighted by Gasteiger charge is 2.26. The molecule has 10 heteroatoms. The van der Waals surface area contributed by atoms with E-state index in [1.165, 1.54) is 64.2 Å². The van der Waals surface area contributed by atoms with Crippen LogP contribution in [0.2, 0.25) is 0 Å². The first kappa shape index (κ1) is 57.2. The summed E-state index contributed by atoms with van der Waals surface area (Å²) in [5, 5.41) is 0. The molecule has 0 aliphatic carbocycles. The molecular formula is C50H86NO8P. The largest absolute Gasteiger partial charge is 0.472 e. The van der Waals surface area contributed by atoms with Gasteiger partial charge in [0.1, 0.15) is 6.61 Å². The van der Waals surface area contributed by atoms with Crippen LogP contribution in [0.3, 0.4) is 0 Å². The smallest absolute Gasteiger partial charge is 0.462 e. The van der Waals surface area contributed by atoms with Gasteiger partial charge in [-0.2, -0.15) is 0 Å². The molecule has 0 aliphatic heterocycles. The van der Waals surface area contributed by atoms with Gasteiger partial charge in [-0.25, -0.2) is 4.57 Å². The van der Waals surface area contributed by atoms with Crippen molar-refractivity contribution in [2.45, 2.75) is 193 Å².